The van der Waals surface area contributed by atoms with E-state index in [0.29, 0.717) is 28.1 Å². The van der Waals surface area contributed by atoms with Crippen LogP contribution in [0.25, 0.3) is 29.0 Å². The number of halogens is 2. The third kappa shape index (κ3) is 4.58. The first-order valence-corrected chi connectivity index (χ1v) is 10.9. The summed E-state index contributed by atoms with van der Waals surface area (Å²) in [5.41, 5.74) is 3.62. The molecule has 1 saturated carbocycles. The highest BCUT2D eigenvalue weighted by Gasteiger charge is 2.43. The van der Waals surface area contributed by atoms with Crippen LogP contribution in [-0.4, -0.2) is 27.0 Å². The van der Waals surface area contributed by atoms with Gasteiger partial charge in [0.2, 0.25) is 0 Å². The summed E-state index contributed by atoms with van der Waals surface area (Å²) >= 11 is 0. The van der Waals surface area contributed by atoms with Gasteiger partial charge in [-0.05, 0) is 62.2 Å². The third-order valence-electron chi connectivity index (χ3n) is 5.59. The summed E-state index contributed by atoms with van der Waals surface area (Å²) in [7, 11) is 3.63. The van der Waals surface area contributed by atoms with Crippen LogP contribution in [0.15, 0.2) is 31.1 Å². The lowest BCUT2D eigenvalue weighted by Gasteiger charge is -2.17. The number of benzene rings is 1. The highest BCUT2D eigenvalue weighted by molar-refractivity contribution is 5.88. The molecule has 0 atom stereocenters. The standard InChI is InChI=1S/C22H23F2N5.C3H8/c1-5-19-16(21(28-27-19)14-11-26-29(4)12-14)8-13(2)20-17(23)9-15(10-18(20)24)22(25-3)6-7-22;1-3-2/h5,8-12,25H,1,6-7H2,2-4H3,(H,27,28);3H2,1-2H3/b13-8+;. The van der Waals surface area contributed by atoms with E-state index in [0.717, 1.165) is 18.4 Å². The third-order valence-corrected chi connectivity index (χ3v) is 5.59. The summed E-state index contributed by atoms with van der Waals surface area (Å²) < 4.78 is 31.5. The molecule has 0 radical (unpaired) electrons. The van der Waals surface area contributed by atoms with Crippen LogP contribution < -0.4 is 5.32 Å². The second-order valence-corrected chi connectivity index (χ2v) is 8.19. The molecule has 0 bridgehead atoms. The number of H-pyrrole nitrogens is 1. The van der Waals surface area contributed by atoms with Crippen molar-refractivity contribution in [1.29, 1.82) is 0 Å². The van der Waals surface area contributed by atoms with Gasteiger partial charge in [0.05, 0.1) is 11.9 Å². The molecule has 1 fully saturated rings. The van der Waals surface area contributed by atoms with Crippen molar-refractivity contribution < 1.29 is 8.78 Å². The zero-order valence-corrected chi connectivity index (χ0v) is 19.4. The number of nitrogens with one attached hydrogen (secondary N) is 2. The summed E-state index contributed by atoms with van der Waals surface area (Å²) in [6.45, 7) is 9.74. The van der Waals surface area contributed by atoms with E-state index in [-0.39, 0.29) is 11.1 Å². The summed E-state index contributed by atoms with van der Waals surface area (Å²) in [5.74, 6) is -1.14. The van der Waals surface area contributed by atoms with E-state index in [1.165, 1.54) is 18.6 Å². The summed E-state index contributed by atoms with van der Waals surface area (Å²) in [6, 6.07) is 2.87. The number of hydrogen-bond acceptors (Lipinski definition) is 3. The summed E-state index contributed by atoms with van der Waals surface area (Å²) in [5, 5.41) is 14.6. The fourth-order valence-corrected chi connectivity index (χ4v) is 3.75. The van der Waals surface area contributed by atoms with Crippen molar-refractivity contribution in [3.63, 3.8) is 0 Å². The molecule has 1 aliphatic carbocycles. The van der Waals surface area contributed by atoms with Crippen LogP contribution in [0.5, 0.6) is 0 Å². The van der Waals surface area contributed by atoms with Crippen molar-refractivity contribution in [2.24, 2.45) is 7.05 Å². The monoisotopic (exact) mass is 439 g/mol. The molecule has 2 aromatic heterocycles. The minimum atomic E-state index is -0.568. The van der Waals surface area contributed by atoms with E-state index in [1.807, 2.05) is 20.3 Å². The molecular weight excluding hydrogens is 408 g/mol. The highest BCUT2D eigenvalue weighted by atomic mass is 19.1. The fourth-order valence-electron chi connectivity index (χ4n) is 3.75. The number of aryl methyl sites for hydroxylation is 1. The molecule has 0 amide bonds. The van der Waals surface area contributed by atoms with Gasteiger partial charge >= 0.3 is 0 Å². The van der Waals surface area contributed by atoms with Gasteiger partial charge in [0.1, 0.15) is 17.3 Å². The van der Waals surface area contributed by atoms with Crippen molar-refractivity contribution in [2.45, 2.75) is 45.6 Å². The molecule has 4 rings (SSSR count). The van der Waals surface area contributed by atoms with Crippen molar-refractivity contribution in [3.05, 3.63) is 65.1 Å². The maximum absolute atomic E-state index is 14.9. The first-order valence-electron chi connectivity index (χ1n) is 10.9. The summed E-state index contributed by atoms with van der Waals surface area (Å²) in [4.78, 5) is 0. The van der Waals surface area contributed by atoms with E-state index in [2.05, 4.69) is 41.0 Å². The normalized spacial score (nSPS) is 14.7. The average Bonchev–Trinajstić information content (AvgIpc) is 3.28. The van der Waals surface area contributed by atoms with E-state index < -0.39 is 11.6 Å². The van der Waals surface area contributed by atoms with Crippen LogP contribution in [-0.2, 0) is 12.6 Å². The van der Waals surface area contributed by atoms with E-state index in [1.54, 1.807) is 30.0 Å². The average molecular weight is 440 g/mol. The molecule has 170 valence electrons. The predicted octanol–water partition coefficient (Wildman–Crippen LogP) is 5.92. The Morgan fingerprint density at radius 3 is 2.38 bits per heavy atom. The van der Waals surface area contributed by atoms with Crippen molar-refractivity contribution in [2.75, 3.05) is 7.05 Å². The van der Waals surface area contributed by atoms with Gasteiger partial charge in [-0.25, -0.2) is 8.78 Å². The number of allylic oxidation sites excluding steroid dienone is 1. The molecule has 0 aliphatic heterocycles. The maximum Gasteiger partial charge on any atom is 0.133 e. The van der Waals surface area contributed by atoms with Crippen LogP contribution >= 0.6 is 0 Å². The van der Waals surface area contributed by atoms with E-state index >= 15 is 0 Å². The largest absolute Gasteiger partial charge is 0.310 e. The molecular formula is C25H31F2N5. The van der Waals surface area contributed by atoms with Crippen molar-refractivity contribution in [3.8, 4) is 11.3 Å². The lowest BCUT2D eigenvalue weighted by atomic mass is 9.96. The Labute approximate surface area is 188 Å². The van der Waals surface area contributed by atoms with Crippen LogP contribution in [0, 0.1) is 11.6 Å². The van der Waals surface area contributed by atoms with E-state index in [9.17, 15) is 8.78 Å². The Bertz CT molecular complexity index is 1110. The fraction of sp³-hybridized carbons (Fsp3) is 0.360. The Morgan fingerprint density at radius 1 is 1.28 bits per heavy atom. The maximum atomic E-state index is 14.9. The lowest BCUT2D eigenvalue weighted by molar-refractivity contribution is 0.542. The van der Waals surface area contributed by atoms with Gasteiger partial charge in [-0.1, -0.05) is 26.8 Å². The van der Waals surface area contributed by atoms with Gasteiger partial charge in [0.15, 0.2) is 0 Å². The molecule has 0 unspecified atom stereocenters. The number of nitrogens with zero attached hydrogens (tertiary/aromatic N) is 3. The SMILES string of the molecule is C=Cc1[nH]nc(-c2cnn(C)c2)c1/C=C(\C)c1c(F)cc(C2(NC)CC2)cc1F.CCC. The number of aromatic nitrogens is 4. The molecule has 0 spiro atoms. The Morgan fingerprint density at radius 2 is 1.91 bits per heavy atom. The Balaban J connectivity index is 0.000000913. The smallest absolute Gasteiger partial charge is 0.133 e. The molecule has 1 aliphatic rings. The van der Waals surface area contributed by atoms with E-state index in [4.69, 9.17) is 0 Å². The Kier molecular flexibility index (Phi) is 7.09. The molecule has 32 heavy (non-hydrogen) atoms. The summed E-state index contributed by atoms with van der Waals surface area (Å²) in [6.07, 6.45) is 9.89. The highest BCUT2D eigenvalue weighted by Crippen LogP contribution is 2.46. The van der Waals surface area contributed by atoms with Gasteiger partial charge in [-0.15, -0.1) is 0 Å². The molecule has 1 aromatic carbocycles. The number of aromatic amines is 1. The molecule has 2 heterocycles. The zero-order chi connectivity index (χ0) is 23.5. The lowest BCUT2D eigenvalue weighted by Crippen LogP contribution is -2.25. The van der Waals surface area contributed by atoms with Gasteiger partial charge in [-0.2, -0.15) is 10.2 Å². The quantitative estimate of drug-likeness (QED) is 0.501. The predicted molar refractivity (Wildman–Crippen MR) is 127 cm³/mol. The van der Waals surface area contributed by atoms with Gasteiger partial charge < -0.3 is 5.32 Å². The van der Waals surface area contributed by atoms with Gasteiger partial charge in [0, 0.05) is 35.5 Å². The molecule has 3 aromatic rings. The van der Waals surface area contributed by atoms with Crippen LogP contribution in [0.2, 0.25) is 0 Å². The minimum Gasteiger partial charge on any atom is -0.310 e. The molecule has 2 N–H and O–H groups in total. The van der Waals surface area contributed by atoms with Crippen LogP contribution in [0.4, 0.5) is 8.78 Å². The number of rotatable bonds is 6. The molecule has 5 nitrogen and oxygen atoms in total. The second kappa shape index (κ2) is 9.61. The topological polar surface area (TPSA) is 58.5 Å². The van der Waals surface area contributed by atoms with Crippen LogP contribution in [0.1, 0.15) is 62.4 Å². The first-order chi connectivity index (χ1) is 15.3. The van der Waals surface area contributed by atoms with Crippen molar-refractivity contribution in [1.82, 2.24) is 25.3 Å². The van der Waals surface area contributed by atoms with Crippen LogP contribution in [0.3, 0.4) is 0 Å². The van der Waals surface area contributed by atoms with Gasteiger partial charge in [-0.3, -0.25) is 9.78 Å². The van der Waals surface area contributed by atoms with Crippen molar-refractivity contribution >= 4 is 17.7 Å². The second-order valence-electron chi connectivity index (χ2n) is 8.19. The first kappa shape index (κ1) is 23.6. The molecule has 7 heteroatoms. The van der Waals surface area contributed by atoms with Gasteiger partial charge in [0.25, 0.3) is 0 Å². The molecule has 0 saturated heterocycles. The number of hydrogen-bond donors (Lipinski definition) is 2. The minimum absolute atomic E-state index is 0.0333. The zero-order valence-electron chi connectivity index (χ0n) is 19.4. The Hall–Kier alpha value is -3.06.